The Morgan fingerprint density at radius 2 is 0.425 bits per heavy atom. The van der Waals surface area contributed by atoms with Gasteiger partial charge in [-0.1, -0.05) is 104 Å². The Morgan fingerprint density at radius 1 is 0.163 bits per heavy atom. The van der Waals surface area contributed by atoms with Crippen LogP contribution in [0.1, 0.15) is 0 Å². The maximum Gasteiger partial charge on any atom is 0.128 e. The summed E-state index contributed by atoms with van der Waals surface area (Å²) >= 11 is 0. The van der Waals surface area contributed by atoms with E-state index in [0.29, 0.717) is 0 Å². The van der Waals surface area contributed by atoms with Gasteiger partial charge in [0.05, 0.1) is 0 Å². The van der Waals surface area contributed by atoms with Crippen LogP contribution in [0.3, 0.4) is 0 Å². The van der Waals surface area contributed by atoms with Gasteiger partial charge in [0, 0.05) is 10.8 Å². The average Bonchev–Trinajstić information content (AvgIpc) is 3.90. The summed E-state index contributed by atoms with van der Waals surface area (Å²) < 4.78 is 6.51. The molecular weight excluding hydrogens is 930 g/mol. The van der Waals surface area contributed by atoms with E-state index in [1.165, 1.54) is 6.07 Å². The van der Waals surface area contributed by atoms with Gasteiger partial charge in [-0.3, -0.25) is 0 Å². The van der Waals surface area contributed by atoms with Crippen molar-refractivity contribution in [3.05, 3.63) is 6.07 Å². The summed E-state index contributed by atoms with van der Waals surface area (Å²) in [5.41, 5.74) is -3.81. The molecule has 0 spiro atoms. The molecule has 0 aliphatic heterocycles. The maximum absolute atomic E-state index is 7.46. The minimum absolute atomic E-state index is 0.0000725. The molecule has 1 heterocycles. The second kappa shape index (κ2) is 19.1. The SMILES string of the molecule is [B]c1c(-c2c([B])c([B])c3c(oc4c([B])c5c([B])c([B])c([B])c([B])c5c([B])c43)c2[B])cc2c(-c3c([B])c([B])c4c([B])c([B])c([B])c([B])c4c3[B])c3c([B])c([B])c([B])c([B])c3c(-c3c([B])c([B])c4c([B])c([B])c([B])c([B])c4c3[B])c2c1[B]. The Labute approximate surface area is 502 Å². The lowest BCUT2D eigenvalue weighted by Gasteiger charge is -2.32. The fraction of sp³-hybridized carbons (Fsp3) is 0. The van der Waals surface area contributed by atoms with Gasteiger partial charge < -0.3 is 4.42 Å². The third-order valence-corrected chi connectivity index (χ3v) is 15.9. The van der Waals surface area contributed by atoms with Gasteiger partial charge in [0.15, 0.2) is 0 Å². The number of hydrogen-bond acceptors (Lipinski definition) is 1. The van der Waals surface area contributed by atoms with Crippen molar-refractivity contribution in [3.63, 3.8) is 0 Å². The van der Waals surface area contributed by atoms with Gasteiger partial charge in [-0.05, 0) is 104 Å². The topological polar surface area (TPSA) is 13.1 Å². The van der Waals surface area contributed by atoms with Crippen LogP contribution in [0.2, 0.25) is 0 Å². The summed E-state index contributed by atoms with van der Waals surface area (Å²) in [6.07, 6.45) is 0. The molecule has 0 saturated carbocycles. The Balaban J connectivity index is 1.43. The predicted octanol–water partition coefficient (Wildman–Crippen LogP) is -20.6. The molecule has 11 rings (SSSR count). The number of fused-ring (bicyclic) bond motifs is 8. The van der Waals surface area contributed by atoms with E-state index in [-0.39, 0.29) is 268 Å². The average molecular weight is 931 g/mol. The summed E-state index contributed by atoms with van der Waals surface area (Å²) in [5.74, 6) is 0. The molecule has 58 radical (unpaired) electrons. The van der Waals surface area contributed by atoms with Crippen molar-refractivity contribution in [1.82, 2.24) is 0 Å². The van der Waals surface area contributed by atoms with Crippen molar-refractivity contribution in [2.24, 2.45) is 0 Å². The lowest BCUT2D eigenvalue weighted by molar-refractivity contribution is 0.675. The largest absolute Gasteiger partial charge is 0.457 e. The Kier molecular flexibility index (Phi) is 13.6. The number of rotatable bonds is 3. The van der Waals surface area contributed by atoms with E-state index >= 15 is 0 Å². The van der Waals surface area contributed by atoms with Gasteiger partial charge in [-0.25, -0.2) is 0 Å². The second-order valence-electron chi connectivity index (χ2n) is 19.7. The lowest BCUT2D eigenvalue weighted by atomic mass is 9.56. The smallest absolute Gasteiger partial charge is 0.128 e. The zero-order valence-corrected chi connectivity index (χ0v) is 42.2. The molecule has 0 saturated heterocycles. The van der Waals surface area contributed by atoms with E-state index in [4.69, 9.17) is 232 Å². The number of benzene rings is 10. The zero-order valence-electron chi connectivity index (χ0n) is 42.2. The zero-order chi connectivity index (χ0) is 58.7. The molecule has 0 bridgehead atoms. The number of hydrogen-bond donors (Lipinski definition) is 0. The van der Waals surface area contributed by atoms with Crippen LogP contribution < -0.4 is 158 Å². The summed E-state index contributed by atoms with van der Waals surface area (Å²) in [6.45, 7) is 0. The van der Waals surface area contributed by atoms with Crippen molar-refractivity contribution >= 4 is 462 Å². The molecule has 10 aromatic carbocycles. The Morgan fingerprint density at radius 3 is 0.838 bits per heavy atom. The highest BCUT2D eigenvalue weighted by Crippen LogP contribution is 2.41. The maximum atomic E-state index is 7.46. The molecule has 294 valence electrons. The van der Waals surface area contributed by atoms with Crippen LogP contribution in [0, 0.1) is 0 Å². The molecule has 0 aliphatic rings. The molecule has 80 heavy (non-hydrogen) atoms. The van der Waals surface area contributed by atoms with Crippen LogP contribution in [0.15, 0.2) is 10.5 Å². The minimum atomic E-state index is -0.236. The summed E-state index contributed by atoms with van der Waals surface area (Å²) in [7, 11) is 198. The molecule has 1 nitrogen and oxygen atoms in total. The molecule has 11 aromatic rings. The van der Waals surface area contributed by atoms with Crippen LogP contribution in [0.5, 0.6) is 0 Å². The van der Waals surface area contributed by atoms with Crippen molar-refractivity contribution in [2.45, 2.75) is 0 Å². The molecule has 1 aromatic heterocycles. The van der Waals surface area contributed by atoms with Crippen LogP contribution >= 0.6 is 0 Å². The molecule has 0 unspecified atom stereocenters. The highest BCUT2D eigenvalue weighted by Gasteiger charge is 2.31. The van der Waals surface area contributed by atoms with Gasteiger partial charge >= 0.3 is 0 Å². The Hall–Kier alpha value is -4.82. The molecule has 0 N–H and O–H groups in total. The van der Waals surface area contributed by atoms with E-state index in [1.54, 1.807) is 0 Å². The first kappa shape index (κ1) is 57.0. The predicted molar refractivity (Wildman–Crippen MR) is 374 cm³/mol. The monoisotopic (exact) mass is 936 g/mol. The van der Waals surface area contributed by atoms with Crippen molar-refractivity contribution < 1.29 is 4.42 Å². The minimum Gasteiger partial charge on any atom is -0.457 e. The molecular formula is C50HB29O. The first-order valence-corrected chi connectivity index (χ1v) is 23.6. The summed E-state index contributed by atoms with van der Waals surface area (Å²) in [5, 5.41) is 0.898. The van der Waals surface area contributed by atoms with E-state index in [1.807, 2.05) is 0 Å². The van der Waals surface area contributed by atoms with Gasteiger partial charge in [0.25, 0.3) is 0 Å². The molecule has 30 heteroatoms. The third-order valence-electron chi connectivity index (χ3n) is 15.9. The third kappa shape index (κ3) is 7.13. The molecule has 0 atom stereocenters. The van der Waals surface area contributed by atoms with Crippen LogP contribution in [-0.2, 0) is 0 Å². The quantitative estimate of drug-likeness (QED) is 0.127. The van der Waals surface area contributed by atoms with E-state index in [9.17, 15) is 0 Å². The highest BCUT2D eigenvalue weighted by molar-refractivity contribution is 6.78. The molecule has 0 amide bonds. The first-order valence-electron chi connectivity index (χ1n) is 23.6. The Bertz CT molecular complexity index is 4870. The fourth-order valence-electron chi connectivity index (χ4n) is 11.7. The van der Waals surface area contributed by atoms with Gasteiger partial charge in [0.2, 0.25) is 0 Å². The summed E-state index contributed by atoms with van der Waals surface area (Å²) in [6, 6.07) is 1.53. The summed E-state index contributed by atoms with van der Waals surface area (Å²) in [4.78, 5) is 0. The van der Waals surface area contributed by atoms with Gasteiger partial charge in [-0.15, -0.1) is 43.7 Å². The van der Waals surface area contributed by atoms with Crippen molar-refractivity contribution in [2.75, 3.05) is 0 Å². The van der Waals surface area contributed by atoms with Crippen molar-refractivity contribution in [1.29, 1.82) is 0 Å². The van der Waals surface area contributed by atoms with Gasteiger partial charge in [0.1, 0.15) is 239 Å². The lowest BCUT2D eigenvalue weighted by Crippen LogP contribution is -2.52. The van der Waals surface area contributed by atoms with Crippen molar-refractivity contribution in [3.8, 4) is 33.4 Å². The normalized spacial score (nSPS) is 11.9. The number of furan rings is 1. The molecule has 0 aliphatic carbocycles. The fourth-order valence-corrected chi connectivity index (χ4v) is 11.7. The van der Waals surface area contributed by atoms with Crippen LogP contribution in [-0.4, -0.2) is 228 Å². The highest BCUT2D eigenvalue weighted by atomic mass is 16.3. The van der Waals surface area contributed by atoms with Gasteiger partial charge in [-0.2, -0.15) is 0 Å². The van der Waals surface area contributed by atoms with Crippen LogP contribution in [0.25, 0.3) is 109 Å². The molecule has 0 fully saturated rings. The van der Waals surface area contributed by atoms with Crippen LogP contribution in [0.4, 0.5) is 0 Å². The van der Waals surface area contributed by atoms with E-state index < -0.39 is 0 Å². The second-order valence-corrected chi connectivity index (χ2v) is 19.7. The van der Waals surface area contributed by atoms with E-state index in [0.717, 1.165) is 0 Å². The van der Waals surface area contributed by atoms with E-state index in [2.05, 4.69) is 0 Å². The standard InChI is InChI=1S/C50HB29O/c51-20-3(6-25(56)38(69)19-18-23(54)14-17(37(68)48(79)45(76)34(14)65)40(71)49(18)80-50(19)39(6)70)1-2-4(10-21(52)12-15(30(61)28(10)59)35(66)46(77)43(74)32(12)63)8-9(27(58)42(73)41(72)26(8)57)7(5(2)24(20)55)11-22(53)13-16(31(62)29(11)60)36(67)47(78)44(75)33(13)64/h1H. The first-order chi connectivity index (χ1) is 37.4.